The summed E-state index contributed by atoms with van der Waals surface area (Å²) >= 11 is 0. The Bertz CT molecular complexity index is 590. The molecule has 20 heavy (non-hydrogen) atoms. The van der Waals surface area contributed by atoms with Gasteiger partial charge in [0.05, 0.1) is 13.2 Å². The molecule has 1 atom stereocenters. The Morgan fingerprint density at radius 1 is 1.10 bits per heavy atom. The van der Waals surface area contributed by atoms with E-state index in [1.807, 2.05) is 30.3 Å². The Labute approximate surface area is 118 Å². The lowest BCUT2D eigenvalue weighted by Crippen LogP contribution is -2.09. The fourth-order valence-corrected chi connectivity index (χ4v) is 2.30. The first-order chi connectivity index (χ1) is 9.85. The molecule has 0 radical (unpaired) electrons. The van der Waals surface area contributed by atoms with Gasteiger partial charge in [-0.05, 0) is 36.2 Å². The quantitative estimate of drug-likeness (QED) is 0.852. The van der Waals surface area contributed by atoms with Crippen LogP contribution < -0.4 is 4.74 Å². The van der Waals surface area contributed by atoms with Crippen molar-refractivity contribution < 1.29 is 9.47 Å². The molecule has 3 rings (SSSR count). The summed E-state index contributed by atoms with van der Waals surface area (Å²) in [5.41, 5.74) is 2.29. The van der Waals surface area contributed by atoms with Crippen molar-refractivity contribution in [3.05, 3.63) is 65.7 Å². The van der Waals surface area contributed by atoms with Crippen LogP contribution in [0.25, 0.3) is 0 Å². The van der Waals surface area contributed by atoms with Crippen LogP contribution >= 0.6 is 0 Å². The number of nitrogens with zero attached hydrogens (tertiary/aromatic N) is 1. The van der Waals surface area contributed by atoms with Crippen LogP contribution in [0.5, 0.6) is 5.75 Å². The summed E-state index contributed by atoms with van der Waals surface area (Å²) in [6, 6.07) is 18.4. The van der Waals surface area contributed by atoms with E-state index in [2.05, 4.69) is 29.3 Å². The molecule has 0 aliphatic carbocycles. The molecule has 0 saturated carbocycles. The summed E-state index contributed by atoms with van der Waals surface area (Å²) < 4.78 is 10.9. The largest absolute Gasteiger partial charge is 0.497 e. The zero-order valence-corrected chi connectivity index (χ0v) is 11.5. The monoisotopic (exact) mass is 267 g/mol. The maximum atomic E-state index is 5.71. The van der Waals surface area contributed by atoms with E-state index in [-0.39, 0.29) is 6.04 Å². The maximum absolute atomic E-state index is 5.71. The molecule has 0 aromatic heterocycles. The lowest BCUT2D eigenvalue weighted by molar-refractivity contribution is 0.317. The minimum atomic E-state index is 0.203. The highest BCUT2D eigenvalue weighted by atomic mass is 16.5. The van der Waals surface area contributed by atoms with E-state index in [1.54, 1.807) is 7.11 Å². The van der Waals surface area contributed by atoms with Crippen LogP contribution in [0.15, 0.2) is 59.6 Å². The molecule has 0 amide bonds. The van der Waals surface area contributed by atoms with Gasteiger partial charge < -0.3 is 9.47 Å². The summed E-state index contributed by atoms with van der Waals surface area (Å²) in [7, 11) is 1.66. The van der Waals surface area contributed by atoms with Crippen molar-refractivity contribution in [3.63, 3.8) is 0 Å². The summed E-state index contributed by atoms with van der Waals surface area (Å²) in [5.74, 6) is 1.57. The summed E-state index contributed by atoms with van der Waals surface area (Å²) in [5, 5.41) is 0. The Hall–Kier alpha value is -2.29. The molecule has 1 aliphatic heterocycles. The smallest absolute Gasteiger partial charge is 0.216 e. The number of rotatable bonds is 4. The van der Waals surface area contributed by atoms with Gasteiger partial charge in [-0.3, -0.25) is 0 Å². The standard InChI is InChI=1S/C17H17NO2/c1-19-16-9-7-14(8-10-16)17-18-15(12-20-17)11-13-5-3-2-4-6-13/h2-10,15H,11-12H2,1H3/t15-/m0/s1. The molecule has 102 valence electrons. The first-order valence-electron chi connectivity index (χ1n) is 6.74. The number of aliphatic imine (C=N–C) groups is 1. The first-order valence-corrected chi connectivity index (χ1v) is 6.74. The number of hydrogen-bond donors (Lipinski definition) is 0. The summed E-state index contributed by atoms with van der Waals surface area (Å²) in [6.45, 7) is 0.649. The van der Waals surface area contributed by atoms with Gasteiger partial charge in [0.1, 0.15) is 12.4 Å². The third-order valence-corrected chi connectivity index (χ3v) is 3.36. The Kier molecular flexibility index (Phi) is 3.68. The minimum absolute atomic E-state index is 0.203. The number of hydrogen-bond acceptors (Lipinski definition) is 3. The van der Waals surface area contributed by atoms with Crippen molar-refractivity contribution >= 4 is 5.90 Å². The zero-order chi connectivity index (χ0) is 13.8. The average molecular weight is 267 g/mol. The highest BCUT2D eigenvalue weighted by Crippen LogP contribution is 2.18. The lowest BCUT2D eigenvalue weighted by Gasteiger charge is -2.04. The summed E-state index contributed by atoms with van der Waals surface area (Å²) in [4.78, 5) is 4.66. The fraction of sp³-hybridized carbons (Fsp3) is 0.235. The van der Waals surface area contributed by atoms with Crippen molar-refractivity contribution in [2.24, 2.45) is 4.99 Å². The van der Waals surface area contributed by atoms with Crippen LogP contribution in [0, 0.1) is 0 Å². The summed E-state index contributed by atoms with van der Waals surface area (Å²) in [6.07, 6.45) is 0.917. The molecule has 1 aliphatic rings. The molecular formula is C17H17NO2. The Morgan fingerprint density at radius 3 is 2.55 bits per heavy atom. The van der Waals surface area contributed by atoms with Gasteiger partial charge in [-0.25, -0.2) is 4.99 Å². The first kappa shape index (κ1) is 12.7. The number of benzene rings is 2. The molecular weight excluding hydrogens is 250 g/mol. The van der Waals surface area contributed by atoms with Crippen LogP contribution in [-0.4, -0.2) is 25.7 Å². The van der Waals surface area contributed by atoms with Gasteiger partial charge in [-0.2, -0.15) is 0 Å². The van der Waals surface area contributed by atoms with Crippen molar-refractivity contribution in [3.8, 4) is 5.75 Å². The second-order valence-corrected chi connectivity index (χ2v) is 4.82. The van der Waals surface area contributed by atoms with E-state index in [0.29, 0.717) is 6.61 Å². The van der Waals surface area contributed by atoms with Gasteiger partial charge in [0, 0.05) is 5.56 Å². The van der Waals surface area contributed by atoms with Crippen molar-refractivity contribution in [2.45, 2.75) is 12.5 Å². The molecule has 0 unspecified atom stereocenters. The third-order valence-electron chi connectivity index (χ3n) is 3.36. The van der Waals surface area contributed by atoms with Gasteiger partial charge >= 0.3 is 0 Å². The van der Waals surface area contributed by atoms with Crippen molar-refractivity contribution in [2.75, 3.05) is 13.7 Å². The fourth-order valence-electron chi connectivity index (χ4n) is 2.30. The van der Waals surface area contributed by atoms with Gasteiger partial charge in [0.25, 0.3) is 0 Å². The van der Waals surface area contributed by atoms with E-state index >= 15 is 0 Å². The second kappa shape index (κ2) is 5.78. The Balaban J connectivity index is 1.71. The topological polar surface area (TPSA) is 30.8 Å². The van der Waals surface area contributed by atoms with Crippen molar-refractivity contribution in [1.82, 2.24) is 0 Å². The van der Waals surface area contributed by atoms with Gasteiger partial charge in [0.2, 0.25) is 5.90 Å². The second-order valence-electron chi connectivity index (χ2n) is 4.82. The molecule has 2 aromatic carbocycles. The van der Waals surface area contributed by atoms with E-state index in [0.717, 1.165) is 23.6 Å². The van der Waals surface area contributed by atoms with Crippen LogP contribution in [0.4, 0.5) is 0 Å². The SMILES string of the molecule is COc1ccc(C2=N[C@@H](Cc3ccccc3)CO2)cc1. The highest BCUT2D eigenvalue weighted by Gasteiger charge is 2.20. The molecule has 1 heterocycles. The van der Waals surface area contributed by atoms with Crippen LogP contribution in [0.3, 0.4) is 0 Å². The van der Waals surface area contributed by atoms with Crippen LogP contribution in [0.2, 0.25) is 0 Å². The average Bonchev–Trinajstić information content (AvgIpc) is 2.97. The molecule has 3 heteroatoms. The molecule has 3 nitrogen and oxygen atoms in total. The maximum Gasteiger partial charge on any atom is 0.216 e. The predicted octanol–water partition coefficient (Wildman–Crippen LogP) is 3.08. The molecule has 0 spiro atoms. The molecule has 0 bridgehead atoms. The molecule has 0 fully saturated rings. The molecule has 0 N–H and O–H groups in total. The number of methoxy groups -OCH3 is 1. The minimum Gasteiger partial charge on any atom is -0.497 e. The predicted molar refractivity (Wildman–Crippen MR) is 79.4 cm³/mol. The third kappa shape index (κ3) is 2.82. The molecule has 0 saturated heterocycles. The van der Waals surface area contributed by atoms with E-state index in [9.17, 15) is 0 Å². The van der Waals surface area contributed by atoms with Gasteiger partial charge in [0.15, 0.2) is 0 Å². The lowest BCUT2D eigenvalue weighted by atomic mass is 10.1. The Morgan fingerprint density at radius 2 is 1.85 bits per heavy atom. The highest BCUT2D eigenvalue weighted by molar-refractivity contribution is 5.95. The van der Waals surface area contributed by atoms with Crippen LogP contribution in [0.1, 0.15) is 11.1 Å². The zero-order valence-electron chi connectivity index (χ0n) is 11.5. The van der Waals surface area contributed by atoms with Gasteiger partial charge in [-0.1, -0.05) is 30.3 Å². The van der Waals surface area contributed by atoms with Crippen LogP contribution in [-0.2, 0) is 11.2 Å². The normalized spacial score (nSPS) is 17.4. The van der Waals surface area contributed by atoms with Gasteiger partial charge in [-0.15, -0.1) is 0 Å². The van der Waals surface area contributed by atoms with E-state index in [1.165, 1.54) is 5.56 Å². The number of ether oxygens (including phenoxy) is 2. The van der Waals surface area contributed by atoms with E-state index in [4.69, 9.17) is 9.47 Å². The van der Waals surface area contributed by atoms with Crippen molar-refractivity contribution in [1.29, 1.82) is 0 Å². The molecule has 2 aromatic rings. The van der Waals surface area contributed by atoms with E-state index < -0.39 is 0 Å².